The highest BCUT2D eigenvalue weighted by Gasteiger charge is 2.28. The van der Waals surface area contributed by atoms with Crippen LogP contribution in [0, 0.1) is 19.7 Å². The van der Waals surface area contributed by atoms with Crippen molar-refractivity contribution < 1.29 is 23.2 Å². The number of aromatic nitrogens is 1. The van der Waals surface area contributed by atoms with E-state index in [4.69, 9.17) is 9.26 Å². The Balaban J connectivity index is 1.36. The molecule has 2 heterocycles. The summed E-state index contributed by atoms with van der Waals surface area (Å²) < 4.78 is 25.5. The molecule has 0 radical (unpaired) electrons. The summed E-state index contributed by atoms with van der Waals surface area (Å²) in [5, 5.41) is 5.86. The van der Waals surface area contributed by atoms with Gasteiger partial charge in [0.1, 0.15) is 23.9 Å². The maximum absolute atomic E-state index is 14.1. The number of hydrogen-bond donors (Lipinski definition) is 0. The van der Waals surface area contributed by atoms with Crippen molar-refractivity contribution in [2.45, 2.75) is 20.5 Å². The molecule has 0 atom stereocenters. The van der Waals surface area contributed by atoms with Gasteiger partial charge in [0.2, 0.25) is 0 Å². The molecule has 4 aromatic rings. The molecule has 0 spiro atoms. The van der Waals surface area contributed by atoms with Gasteiger partial charge in [-0.25, -0.2) is 4.39 Å². The summed E-state index contributed by atoms with van der Waals surface area (Å²) in [6.07, 6.45) is 0. The van der Waals surface area contributed by atoms with E-state index in [1.807, 2.05) is 50.2 Å². The minimum Gasteiger partial charge on any atom is -0.488 e. The summed E-state index contributed by atoms with van der Waals surface area (Å²) in [4.78, 5) is 29.7. The third kappa shape index (κ3) is 4.54. The van der Waals surface area contributed by atoms with Crippen LogP contribution in [0.25, 0.3) is 10.8 Å². The molecule has 0 bridgehead atoms. The number of halogens is 1. The molecular formula is C28H26FN3O4. The number of hydrogen-bond acceptors (Lipinski definition) is 5. The fraction of sp³-hybridized carbons (Fsp3) is 0.250. The second-order valence-corrected chi connectivity index (χ2v) is 8.85. The van der Waals surface area contributed by atoms with Gasteiger partial charge in [0.15, 0.2) is 0 Å². The molecule has 1 aromatic heterocycles. The van der Waals surface area contributed by atoms with E-state index in [1.54, 1.807) is 21.9 Å². The Hall–Kier alpha value is -4.20. The third-order valence-electron chi connectivity index (χ3n) is 6.59. The van der Waals surface area contributed by atoms with E-state index in [0.29, 0.717) is 43.3 Å². The van der Waals surface area contributed by atoms with Crippen molar-refractivity contribution in [3.63, 3.8) is 0 Å². The number of ether oxygens (including phenoxy) is 1. The van der Waals surface area contributed by atoms with E-state index < -0.39 is 5.82 Å². The van der Waals surface area contributed by atoms with Gasteiger partial charge >= 0.3 is 0 Å². The van der Waals surface area contributed by atoms with E-state index in [1.165, 1.54) is 12.1 Å². The second kappa shape index (κ2) is 9.81. The monoisotopic (exact) mass is 487 g/mol. The average molecular weight is 488 g/mol. The Labute approximate surface area is 208 Å². The maximum Gasteiger partial charge on any atom is 0.257 e. The summed E-state index contributed by atoms with van der Waals surface area (Å²) in [6.45, 7) is 5.23. The lowest BCUT2D eigenvalue weighted by atomic mass is 10.0. The van der Waals surface area contributed by atoms with Gasteiger partial charge < -0.3 is 19.1 Å². The number of carbonyl (C=O) groups excluding carboxylic acids is 2. The number of benzene rings is 3. The molecular weight excluding hydrogens is 461 g/mol. The van der Waals surface area contributed by atoms with Gasteiger partial charge in [-0.3, -0.25) is 9.59 Å². The van der Waals surface area contributed by atoms with Gasteiger partial charge in [0.05, 0.1) is 22.4 Å². The largest absolute Gasteiger partial charge is 0.488 e. The van der Waals surface area contributed by atoms with E-state index >= 15 is 0 Å². The molecule has 0 saturated carbocycles. The molecule has 0 unspecified atom stereocenters. The van der Waals surface area contributed by atoms with E-state index in [9.17, 15) is 14.0 Å². The van der Waals surface area contributed by atoms with Crippen molar-refractivity contribution in [1.82, 2.24) is 15.0 Å². The lowest BCUT2D eigenvalue weighted by molar-refractivity contribution is 0.0530. The number of piperazine rings is 1. The molecule has 3 aromatic carbocycles. The van der Waals surface area contributed by atoms with E-state index in [2.05, 4.69) is 5.16 Å². The lowest BCUT2D eigenvalue weighted by Crippen LogP contribution is -2.50. The van der Waals surface area contributed by atoms with Gasteiger partial charge in [0.25, 0.3) is 11.8 Å². The van der Waals surface area contributed by atoms with Crippen LogP contribution in [0.1, 0.15) is 37.7 Å². The van der Waals surface area contributed by atoms with Gasteiger partial charge in [0, 0.05) is 26.2 Å². The molecule has 7 nitrogen and oxygen atoms in total. The van der Waals surface area contributed by atoms with Gasteiger partial charge in [-0.15, -0.1) is 0 Å². The number of carbonyl (C=O) groups is 2. The SMILES string of the molecule is Cc1noc(C)c1COc1cc2ccccc2cc1C(=O)N1CCN(C(=O)c2ccccc2F)CC1. The molecule has 1 saturated heterocycles. The lowest BCUT2D eigenvalue weighted by Gasteiger charge is -2.35. The van der Waals surface area contributed by atoms with Crippen LogP contribution in [0.5, 0.6) is 5.75 Å². The van der Waals surface area contributed by atoms with Crippen LogP contribution in [0.2, 0.25) is 0 Å². The van der Waals surface area contributed by atoms with Gasteiger partial charge in [-0.2, -0.15) is 0 Å². The Morgan fingerprint density at radius 1 is 0.889 bits per heavy atom. The fourth-order valence-electron chi connectivity index (χ4n) is 4.45. The molecule has 0 N–H and O–H groups in total. The standard InChI is InChI=1S/C28H26FN3O4/c1-18-24(19(2)36-30-18)17-35-26-16-21-8-4-3-7-20(21)15-23(26)28(34)32-13-11-31(12-14-32)27(33)22-9-5-6-10-25(22)29/h3-10,15-16H,11-14,17H2,1-2H3. The molecule has 2 amide bonds. The second-order valence-electron chi connectivity index (χ2n) is 8.85. The number of aryl methyl sites for hydroxylation is 2. The van der Waals surface area contributed by atoms with Crippen LogP contribution in [0.3, 0.4) is 0 Å². The highest BCUT2D eigenvalue weighted by Crippen LogP contribution is 2.29. The van der Waals surface area contributed by atoms with Crippen molar-refractivity contribution >= 4 is 22.6 Å². The summed E-state index contributed by atoms with van der Waals surface area (Å²) >= 11 is 0. The zero-order valence-electron chi connectivity index (χ0n) is 20.2. The van der Waals surface area contributed by atoms with Crippen LogP contribution in [-0.2, 0) is 6.61 Å². The quantitative estimate of drug-likeness (QED) is 0.406. The number of rotatable bonds is 5. The van der Waals surface area contributed by atoms with Crippen LogP contribution in [0.15, 0.2) is 65.2 Å². The van der Waals surface area contributed by atoms with Crippen LogP contribution >= 0.6 is 0 Å². The number of amides is 2. The Morgan fingerprint density at radius 3 is 2.08 bits per heavy atom. The maximum atomic E-state index is 14.1. The normalized spacial score (nSPS) is 13.8. The first-order valence-electron chi connectivity index (χ1n) is 11.8. The molecule has 0 aliphatic carbocycles. The van der Waals surface area contributed by atoms with Crippen molar-refractivity contribution in [3.05, 3.63) is 94.6 Å². The van der Waals surface area contributed by atoms with Crippen molar-refractivity contribution in [2.24, 2.45) is 0 Å². The number of fused-ring (bicyclic) bond motifs is 1. The predicted molar refractivity (Wildman–Crippen MR) is 132 cm³/mol. The third-order valence-corrected chi connectivity index (χ3v) is 6.59. The van der Waals surface area contributed by atoms with Crippen LogP contribution in [0.4, 0.5) is 4.39 Å². The van der Waals surface area contributed by atoms with E-state index in [-0.39, 0.29) is 24.0 Å². The highest BCUT2D eigenvalue weighted by atomic mass is 19.1. The summed E-state index contributed by atoms with van der Waals surface area (Å²) in [7, 11) is 0. The minimum absolute atomic E-state index is 0.0433. The molecule has 184 valence electrons. The summed E-state index contributed by atoms with van der Waals surface area (Å²) in [5.41, 5.74) is 2.09. The minimum atomic E-state index is -0.544. The summed E-state index contributed by atoms with van der Waals surface area (Å²) in [5.74, 6) is 0.0690. The van der Waals surface area contributed by atoms with Gasteiger partial charge in [-0.1, -0.05) is 41.6 Å². The zero-order chi connectivity index (χ0) is 25.2. The topological polar surface area (TPSA) is 75.9 Å². The summed E-state index contributed by atoms with van der Waals surface area (Å²) in [6, 6.07) is 17.5. The first-order chi connectivity index (χ1) is 17.4. The molecule has 8 heteroatoms. The van der Waals surface area contributed by atoms with Crippen LogP contribution in [-0.4, -0.2) is 52.9 Å². The molecule has 1 aliphatic rings. The Bertz CT molecular complexity index is 1420. The fourth-order valence-corrected chi connectivity index (χ4v) is 4.45. The molecule has 1 fully saturated rings. The first-order valence-corrected chi connectivity index (χ1v) is 11.8. The molecule has 1 aliphatic heterocycles. The highest BCUT2D eigenvalue weighted by molar-refractivity contribution is 6.02. The van der Waals surface area contributed by atoms with Crippen molar-refractivity contribution in [1.29, 1.82) is 0 Å². The van der Waals surface area contributed by atoms with Gasteiger partial charge in [-0.05, 0) is 48.9 Å². The number of nitrogens with zero attached hydrogens (tertiary/aromatic N) is 3. The first kappa shape index (κ1) is 23.5. The molecule has 5 rings (SSSR count). The Kier molecular flexibility index (Phi) is 6.41. The van der Waals surface area contributed by atoms with E-state index in [0.717, 1.165) is 22.0 Å². The molecule has 36 heavy (non-hydrogen) atoms. The predicted octanol–water partition coefficient (Wildman–Crippen LogP) is 4.76. The Morgan fingerprint density at radius 2 is 1.47 bits per heavy atom. The average Bonchev–Trinajstić information content (AvgIpc) is 3.23. The van der Waals surface area contributed by atoms with Crippen molar-refractivity contribution in [3.8, 4) is 5.75 Å². The zero-order valence-corrected chi connectivity index (χ0v) is 20.2. The smallest absolute Gasteiger partial charge is 0.257 e. The van der Waals surface area contributed by atoms with Crippen LogP contribution < -0.4 is 4.74 Å². The van der Waals surface area contributed by atoms with Crippen molar-refractivity contribution in [2.75, 3.05) is 26.2 Å².